The molecule has 4 rings (SSSR count). The van der Waals surface area contributed by atoms with E-state index in [2.05, 4.69) is 19.8 Å². The van der Waals surface area contributed by atoms with Crippen molar-refractivity contribution in [1.29, 1.82) is 0 Å². The second kappa shape index (κ2) is 6.72. The van der Waals surface area contributed by atoms with Crippen molar-refractivity contribution in [2.24, 2.45) is 5.41 Å². The normalized spacial score (nSPS) is 29.4. The highest BCUT2D eigenvalue weighted by molar-refractivity contribution is 6.29. The standard InChI is InChI=1S/C18H25ClN4O2/c19-15-11-20-12-16(21-15)22-8-5-18(6-9-22)7-10-23(17(18)25)13-1-3-14(24)4-2-13/h11-14,24H,1-10H2. The van der Waals surface area contributed by atoms with E-state index >= 15 is 0 Å². The molecule has 25 heavy (non-hydrogen) atoms. The van der Waals surface area contributed by atoms with E-state index in [1.54, 1.807) is 6.20 Å². The van der Waals surface area contributed by atoms with Gasteiger partial charge in [0, 0.05) is 25.7 Å². The largest absolute Gasteiger partial charge is 0.393 e. The van der Waals surface area contributed by atoms with Gasteiger partial charge in [0.05, 0.1) is 23.9 Å². The van der Waals surface area contributed by atoms with E-state index in [1.165, 1.54) is 6.20 Å². The van der Waals surface area contributed by atoms with E-state index in [0.29, 0.717) is 17.1 Å². The molecule has 0 bridgehead atoms. The molecule has 0 unspecified atom stereocenters. The number of nitrogens with zero attached hydrogens (tertiary/aromatic N) is 4. The Kier molecular flexibility index (Phi) is 4.58. The summed E-state index contributed by atoms with van der Waals surface area (Å²) in [6.07, 6.45) is 9.31. The molecule has 1 aliphatic carbocycles. The van der Waals surface area contributed by atoms with Crippen molar-refractivity contribution in [2.45, 2.75) is 57.1 Å². The first kappa shape index (κ1) is 17.0. The number of likely N-dealkylation sites (tertiary alicyclic amines) is 1. The van der Waals surface area contributed by atoms with Gasteiger partial charge in [-0.15, -0.1) is 0 Å². The van der Waals surface area contributed by atoms with Crippen LogP contribution in [-0.4, -0.2) is 57.7 Å². The molecule has 6 nitrogen and oxygen atoms in total. The van der Waals surface area contributed by atoms with Crippen LogP contribution in [0, 0.1) is 5.41 Å². The predicted molar refractivity (Wildman–Crippen MR) is 95.5 cm³/mol. The van der Waals surface area contributed by atoms with E-state index in [1.807, 2.05) is 0 Å². The first-order valence-corrected chi connectivity index (χ1v) is 9.67. The van der Waals surface area contributed by atoms with Crippen LogP contribution in [0.15, 0.2) is 12.4 Å². The molecular weight excluding hydrogens is 340 g/mol. The summed E-state index contributed by atoms with van der Waals surface area (Å²) in [6, 6.07) is 0.326. The molecule has 3 aliphatic rings. The number of hydrogen-bond donors (Lipinski definition) is 1. The highest BCUT2D eigenvalue weighted by Gasteiger charge is 2.50. The summed E-state index contributed by atoms with van der Waals surface area (Å²) in [4.78, 5) is 25.9. The quantitative estimate of drug-likeness (QED) is 0.871. The molecule has 1 spiro atoms. The first-order valence-electron chi connectivity index (χ1n) is 9.29. The van der Waals surface area contributed by atoms with Crippen LogP contribution < -0.4 is 4.90 Å². The molecule has 0 radical (unpaired) electrons. The zero-order valence-electron chi connectivity index (χ0n) is 14.4. The molecule has 1 N–H and O–H groups in total. The maximum atomic E-state index is 13.2. The van der Waals surface area contributed by atoms with E-state index < -0.39 is 0 Å². The lowest BCUT2D eigenvalue weighted by atomic mass is 9.77. The fourth-order valence-corrected chi connectivity index (χ4v) is 4.82. The van der Waals surface area contributed by atoms with Crippen molar-refractivity contribution in [1.82, 2.24) is 14.9 Å². The van der Waals surface area contributed by atoms with Gasteiger partial charge in [0.25, 0.3) is 0 Å². The summed E-state index contributed by atoms with van der Waals surface area (Å²) in [5.74, 6) is 1.14. The minimum Gasteiger partial charge on any atom is -0.393 e. The van der Waals surface area contributed by atoms with Gasteiger partial charge in [-0.05, 0) is 44.9 Å². The van der Waals surface area contributed by atoms with Crippen LogP contribution in [0.3, 0.4) is 0 Å². The lowest BCUT2D eigenvalue weighted by Gasteiger charge is -2.39. The summed E-state index contributed by atoms with van der Waals surface area (Å²) in [7, 11) is 0. The molecule has 1 saturated carbocycles. The SMILES string of the molecule is O=C1N(C2CCC(O)CC2)CCC12CCN(c1cncc(Cl)n1)CC2. The molecule has 3 heterocycles. The van der Waals surface area contributed by atoms with Crippen LogP contribution in [0.2, 0.25) is 5.15 Å². The molecule has 0 atom stereocenters. The van der Waals surface area contributed by atoms with Gasteiger partial charge in [-0.25, -0.2) is 4.98 Å². The highest BCUT2D eigenvalue weighted by Crippen LogP contribution is 2.44. The molecule has 2 aliphatic heterocycles. The Morgan fingerprint density at radius 3 is 2.44 bits per heavy atom. The molecule has 3 fully saturated rings. The van der Waals surface area contributed by atoms with E-state index in [4.69, 9.17) is 11.6 Å². The third-order valence-corrected chi connectivity index (χ3v) is 6.47. The minimum absolute atomic E-state index is 0.176. The maximum Gasteiger partial charge on any atom is 0.229 e. The van der Waals surface area contributed by atoms with Crippen LogP contribution in [0.1, 0.15) is 44.9 Å². The van der Waals surface area contributed by atoms with Crippen LogP contribution in [0.5, 0.6) is 0 Å². The molecular formula is C18H25ClN4O2. The number of carbonyl (C=O) groups excluding carboxylic acids is 1. The van der Waals surface area contributed by atoms with Crippen molar-refractivity contribution in [2.75, 3.05) is 24.5 Å². The van der Waals surface area contributed by atoms with Crippen LogP contribution in [0.4, 0.5) is 5.82 Å². The Hall–Kier alpha value is -1.40. The van der Waals surface area contributed by atoms with Crippen LogP contribution >= 0.6 is 11.6 Å². The monoisotopic (exact) mass is 364 g/mol. The third-order valence-electron chi connectivity index (χ3n) is 6.29. The van der Waals surface area contributed by atoms with Gasteiger partial charge in [0.1, 0.15) is 11.0 Å². The Labute approximate surface area is 153 Å². The van der Waals surface area contributed by atoms with Gasteiger partial charge < -0.3 is 14.9 Å². The number of aliphatic hydroxyl groups excluding tert-OH is 1. The fourth-order valence-electron chi connectivity index (χ4n) is 4.68. The highest BCUT2D eigenvalue weighted by atomic mass is 35.5. The lowest BCUT2D eigenvalue weighted by molar-refractivity contribution is -0.139. The summed E-state index contributed by atoms with van der Waals surface area (Å²) < 4.78 is 0. The topological polar surface area (TPSA) is 69.6 Å². The summed E-state index contributed by atoms with van der Waals surface area (Å²) in [5, 5.41) is 10.1. The number of piperidine rings is 1. The number of hydrogen-bond acceptors (Lipinski definition) is 5. The number of aromatic nitrogens is 2. The number of rotatable bonds is 2. The molecule has 1 aromatic heterocycles. The van der Waals surface area contributed by atoms with Gasteiger partial charge in [-0.2, -0.15) is 0 Å². The Balaban J connectivity index is 1.40. The average molecular weight is 365 g/mol. The number of carbonyl (C=O) groups is 1. The van der Waals surface area contributed by atoms with Gasteiger partial charge in [-0.3, -0.25) is 9.78 Å². The average Bonchev–Trinajstić information content (AvgIpc) is 2.93. The molecule has 0 aromatic carbocycles. The van der Waals surface area contributed by atoms with Gasteiger partial charge in [0.2, 0.25) is 5.91 Å². The minimum atomic E-state index is -0.196. The summed E-state index contributed by atoms with van der Waals surface area (Å²) >= 11 is 5.94. The van der Waals surface area contributed by atoms with E-state index in [-0.39, 0.29) is 11.5 Å². The smallest absolute Gasteiger partial charge is 0.229 e. The molecule has 7 heteroatoms. The van der Waals surface area contributed by atoms with Crippen molar-refractivity contribution in [3.8, 4) is 0 Å². The molecule has 1 amide bonds. The number of amides is 1. The predicted octanol–water partition coefficient (Wildman–Crippen LogP) is 2.25. The number of halogens is 1. The lowest BCUT2D eigenvalue weighted by Crippen LogP contribution is -2.47. The zero-order valence-corrected chi connectivity index (χ0v) is 15.2. The second-order valence-electron chi connectivity index (χ2n) is 7.68. The Bertz CT molecular complexity index is 640. The summed E-state index contributed by atoms with van der Waals surface area (Å²) in [6.45, 7) is 2.51. The maximum absolute atomic E-state index is 13.2. The van der Waals surface area contributed by atoms with Crippen molar-refractivity contribution >= 4 is 23.3 Å². The van der Waals surface area contributed by atoms with Gasteiger partial charge >= 0.3 is 0 Å². The zero-order chi connectivity index (χ0) is 17.4. The van der Waals surface area contributed by atoms with Crippen molar-refractivity contribution in [3.05, 3.63) is 17.5 Å². The van der Waals surface area contributed by atoms with Crippen molar-refractivity contribution < 1.29 is 9.90 Å². The number of aliphatic hydroxyl groups is 1. The molecule has 136 valence electrons. The third kappa shape index (κ3) is 3.22. The molecule has 1 aromatic rings. The Morgan fingerprint density at radius 1 is 1.08 bits per heavy atom. The molecule has 2 saturated heterocycles. The van der Waals surface area contributed by atoms with Gasteiger partial charge in [0.15, 0.2) is 0 Å². The number of anilines is 1. The van der Waals surface area contributed by atoms with Crippen LogP contribution in [0.25, 0.3) is 0 Å². The summed E-state index contributed by atoms with van der Waals surface area (Å²) in [5.41, 5.74) is -0.196. The Morgan fingerprint density at radius 2 is 1.76 bits per heavy atom. The van der Waals surface area contributed by atoms with Gasteiger partial charge in [-0.1, -0.05) is 11.6 Å². The fraction of sp³-hybridized carbons (Fsp3) is 0.722. The van der Waals surface area contributed by atoms with E-state index in [9.17, 15) is 9.90 Å². The van der Waals surface area contributed by atoms with Crippen LogP contribution in [-0.2, 0) is 4.79 Å². The van der Waals surface area contributed by atoms with E-state index in [0.717, 1.165) is 70.4 Å². The van der Waals surface area contributed by atoms with Crippen molar-refractivity contribution in [3.63, 3.8) is 0 Å². The second-order valence-corrected chi connectivity index (χ2v) is 8.07. The first-order chi connectivity index (χ1) is 12.1.